The second-order valence-electron chi connectivity index (χ2n) is 7.10. The number of benzene rings is 1. The highest BCUT2D eigenvalue weighted by atomic mass is 31.1. The minimum atomic E-state index is -2.03. The van der Waals surface area contributed by atoms with Crippen molar-refractivity contribution in [3.05, 3.63) is 30.3 Å². The van der Waals surface area contributed by atoms with E-state index in [1.807, 2.05) is 30.3 Å². The topological polar surface area (TPSA) is 26.3 Å². The first kappa shape index (κ1) is 22.5. The normalized spacial score (nSPS) is 12.4. The van der Waals surface area contributed by atoms with E-state index in [4.69, 9.17) is 4.52 Å². The van der Waals surface area contributed by atoms with Crippen molar-refractivity contribution in [2.24, 2.45) is 0 Å². The molecule has 0 aliphatic rings. The van der Waals surface area contributed by atoms with Crippen LogP contribution in [0.4, 0.5) is 0 Å². The van der Waals surface area contributed by atoms with Crippen molar-refractivity contribution in [1.29, 1.82) is 0 Å². The standard InChI is InChI=1S/C22H39O2P/c1-2-3-4-5-6-7-8-9-10-11-12-13-14-18-21-24-25(23)22-19-16-15-17-20-22/h15-17,19-20,25H,2-14,18,21H2,1H3. The zero-order valence-corrected chi connectivity index (χ0v) is 17.3. The van der Waals surface area contributed by atoms with Crippen LogP contribution in [0.5, 0.6) is 0 Å². The molecule has 0 spiro atoms. The summed E-state index contributed by atoms with van der Waals surface area (Å²) in [6.45, 7) is 2.91. The number of unbranched alkanes of at least 4 members (excludes halogenated alkanes) is 13. The van der Waals surface area contributed by atoms with Crippen LogP contribution in [0.1, 0.15) is 96.8 Å². The SMILES string of the molecule is CCCCCCCCCCCCCCCCO[PH](=O)c1ccccc1. The third-order valence-electron chi connectivity index (χ3n) is 4.74. The van der Waals surface area contributed by atoms with Crippen LogP contribution in [0.25, 0.3) is 0 Å². The Hall–Kier alpha value is -0.590. The molecule has 1 aromatic carbocycles. The molecule has 0 radical (unpaired) electrons. The van der Waals surface area contributed by atoms with Gasteiger partial charge < -0.3 is 4.52 Å². The first-order valence-electron chi connectivity index (χ1n) is 10.6. The number of hydrogen-bond donors (Lipinski definition) is 0. The molecule has 1 unspecified atom stereocenters. The summed E-state index contributed by atoms with van der Waals surface area (Å²) in [7, 11) is -2.03. The maximum Gasteiger partial charge on any atom is 0.220 e. The first-order valence-corrected chi connectivity index (χ1v) is 11.9. The maximum atomic E-state index is 11.9. The zero-order chi connectivity index (χ0) is 18.0. The van der Waals surface area contributed by atoms with Gasteiger partial charge in [0.2, 0.25) is 8.03 Å². The fourth-order valence-corrected chi connectivity index (χ4v) is 4.08. The Bertz CT molecular complexity index is 419. The van der Waals surface area contributed by atoms with Crippen LogP contribution in [0, 0.1) is 0 Å². The summed E-state index contributed by atoms with van der Waals surface area (Å²) in [5, 5.41) is 0.831. The summed E-state index contributed by atoms with van der Waals surface area (Å²) < 4.78 is 17.4. The average Bonchev–Trinajstić information content (AvgIpc) is 2.65. The highest BCUT2D eigenvalue weighted by molar-refractivity contribution is 7.48. The summed E-state index contributed by atoms with van der Waals surface area (Å²) in [6.07, 6.45) is 18.9. The van der Waals surface area contributed by atoms with Gasteiger partial charge in [-0.3, -0.25) is 4.57 Å². The Morgan fingerprint density at radius 3 is 1.60 bits per heavy atom. The van der Waals surface area contributed by atoms with Crippen LogP contribution in [0.3, 0.4) is 0 Å². The summed E-state index contributed by atoms with van der Waals surface area (Å²) in [5.41, 5.74) is 0. The smallest absolute Gasteiger partial charge is 0.220 e. The van der Waals surface area contributed by atoms with E-state index in [2.05, 4.69) is 6.92 Å². The van der Waals surface area contributed by atoms with Gasteiger partial charge in [0, 0.05) is 5.30 Å². The van der Waals surface area contributed by atoms with E-state index in [1.165, 1.54) is 83.5 Å². The van der Waals surface area contributed by atoms with Crippen molar-refractivity contribution >= 4 is 13.3 Å². The van der Waals surface area contributed by atoms with Crippen LogP contribution in [-0.4, -0.2) is 6.61 Å². The molecule has 25 heavy (non-hydrogen) atoms. The van der Waals surface area contributed by atoms with Gasteiger partial charge in [0.05, 0.1) is 6.61 Å². The molecule has 0 aliphatic carbocycles. The van der Waals surface area contributed by atoms with Gasteiger partial charge >= 0.3 is 0 Å². The van der Waals surface area contributed by atoms with E-state index in [-0.39, 0.29) is 0 Å². The van der Waals surface area contributed by atoms with Crippen LogP contribution in [0.15, 0.2) is 30.3 Å². The predicted molar refractivity (Wildman–Crippen MR) is 111 cm³/mol. The quantitative estimate of drug-likeness (QED) is 0.214. The van der Waals surface area contributed by atoms with Crippen molar-refractivity contribution in [2.75, 3.05) is 6.61 Å². The second-order valence-corrected chi connectivity index (χ2v) is 8.54. The average molecular weight is 367 g/mol. The van der Waals surface area contributed by atoms with Crippen molar-refractivity contribution < 1.29 is 9.09 Å². The van der Waals surface area contributed by atoms with Gasteiger partial charge in [0.15, 0.2) is 0 Å². The fourth-order valence-electron chi connectivity index (χ4n) is 3.12. The van der Waals surface area contributed by atoms with Crippen LogP contribution in [0.2, 0.25) is 0 Å². The summed E-state index contributed by atoms with van der Waals surface area (Å²) in [4.78, 5) is 0. The molecule has 0 heterocycles. The lowest BCUT2D eigenvalue weighted by Crippen LogP contribution is -1.98. The number of rotatable bonds is 17. The monoisotopic (exact) mass is 366 g/mol. The molecule has 2 nitrogen and oxygen atoms in total. The molecule has 3 heteroatoms. The van der Waals surface area contributed by atoms with Crippen LogP contribution in [-0.2, 0) is 9.09 Å². The molecule has 0 amide bonds. The van der Waals surface area contributed by atoms with Crippen molar-refractivity contribution in [1.82, 2.24) is 0 Å². The number of hydrogen-bond acceptors (Lipinski definition) is 2. The van der Waals surface area contributed by atoms with E-state index in [9.17, 15) is 4.57 Å². The van der Waals surface area contributed by atoms with Gasteiger partial charge in [0.1, 0.15) is 0 Å². The van der Waals surface area contributed by atoms with E-state index < -0.39 is 8.03 Å². The molecular formula is C22H39O2P. The molecule has 0 fully saturated rings. The highest BCUT2D eigenvalue weighted by Gasteiger charge is 2.02. The van der Waals surface area contributed by atoms with Gasteiger partial charge in [0.25, 0.3) is 0 Å². The van der Waals surface area contributed by atoms with Crippen molar-refractivity contribution in [3.63, 3.8) is 0 Å². The van der Waals surface area contributed by atoms with Gasteiger partial charge in [-0.25, -0.2) is 0 Å². The predicted octanol–water partition coefficient (Wildman–Crippen LogP) is 7.28. The molecule has 0 saturated heterocycles. The minimum Gasteiger partial charge on any atom is -0.327 e. The molecule has 0 saturated carbocycles. The molecule has 0 bridgehead atoms. The van der Waals surface area contributed by atoms with Crippen LogP contribution < -0.4 is 5.30 Å². The Labute approximate surface area is 156 Å². The molecule has 0 aromatic heterocycles. The largest absolute Gasteiger partial charge is 0.327 e. The summed E-state index contributed by atoms with van der Waals surface area (Å²) in [6, 6.07) is 9.52. The fraction of sp³-hybridized carbons (Fsp3) is 0.727. The maximum absolute atomic E-state index is 11.9. The molecule has 0 aliphatic heterocycles. The van der Waals surface area contributed by atoms with Gasteiger partial charge in [-0.2, -0.15) is 0 Å². The van der Waals surface area contributed by atoms with Gasteiger partial charge in [-0.15, -0.1) is 0 Å². The summed E-state index contributed by atoms with van der Waals surface area (Å²) in [5.74, 6) is 0. The van der Waals surface area contributed by atoms with E-state index >= 15 is 0 Å². The third kappa shape index (κ3) is 13.3. The second kappa shape index (κ2) is 16.9. The van der Waals surface area contributed by atoms with E-state index in [0.717, 1.165) is 11.7 Å². The summed E-state index contributed by atoms with van der Waals surface area (Å²) >= 11 is 0. The van der Waals surface area contributed by atoms with E-state index in [0.29, 0.717) is 6.61 Å². The Morgan fingerprint density at radius 1 is 0.680 bits per heavy atom. The molecule has 1 rings (SSSR count). The third-order valence-corrected chi connectivity index (χ3v) is 6.01. The lowest BCUT2D eigenvalue weighted by molar-refractivity contribution is 0.321. The molecular weight excluding hydrogens is 327 g/mol. The Kier molecular flexibility index (Phi) is 15.1. The molecule has 1 aromatic rings. The zero-order valence-electron chi connectivity index (χ0n) is 16.3. The van der Waals surface area contributed by atoms with Gasteiger partial charge in [-0.05, 0) is 18.6 Å². The van der Waals surface area contributed by atoms with Crippen molar-refractivity contribution in [2.45, 2.75) is 96.8 Å². The minimum absolute atomic E-state index is 0.630. The molecule has 0 N–H and O–H groups in total. The highest BCUT2D eigenvalue weighted by Crippen LogP contribution is 2.21. The van der Waals surface area contributed by atoms with Crippen molar-refractivity contribution in [3.8, 4) is 0 Å². The Balaban J connectivity index is 1.78. The van der Waals surface area contributed by atoms with Gasteiger partial charge in [-0.1, -0.05) is 109 Å². The Morgan fingerprint density at radius 2 is 1.12 bits per heavy atom. The molecule has 1 atom stereocenters. The lowest BCUT2D eigenvalue weighted by Gasteiger charge is -2.05. The first-order chi connectivity index (χ1) is 12.3. The molecule has 144 valence electrons. The van der Waals surface area contributed by atoms with E-state index in [1.54, 1.807) is 0 Å². The lowest BCUT2D eigenvalue weighted by atomic mass is 10.0. The van der Waals surface area contributed by atoms with Crippen LogP contribution >= 0.6 is 8.03 Å².